The van der Waals surface area contributed by atoms with Gasteiger partial charge in [0.05, 0.1) is 5.02 Å². The molecule has 1 amide bonds. The molecule has 7 heteroatoms. The molecule has 0 atom stereocenters. The fraction of sp³-hybridized carbons (Fsp3) is 0.100. The summed E-state index contributed by atoms with van der Waals surface area (Å²) in [6, 6.07) is 4.28. The normalized spacial score (nSPS) is 11.9. The zero-order valence-electron chi connectivity index (χ0n) is 8.76. The molecule has 1 aromatic carbocycles. The second kappa shape index (κ2) is 5.31. The highest BCUT2D eigenvalue weighted by Gasteiger charge is 2.12. The maximum atomic E-state index is 11.1. The lowest BCUT2D eigenvalue weighted by atomic mass is 10.2. The minimum Gasteiger partial charge on any atom is -0.369 e. The molecule has 0 unspecified atom stereocenters. The van der Waals surface area contributed by atoms with E-state index in [9.17, 15) is 13.2 Å². The quantitative estimate of drug-likeness (QED) is 0.851. The van der Waals surface area contributed by atoms with Crippen molar-refractivity contribution >= 4 is 33.6 Å². The number of hydrogen-bond donors (Lipinski definition) is 2. The van der Waals surface area contributed by atoms with Crippen molar-refractivity contribution in [3.8, 4) is 0 Å². The summed E-state index contributed by atoms with van der Waals surface area (Å²) in [5.74, 6) is -0.450. The molecule has 1 aromatic rings. The van der Waals surface area contributed by atoms with Crippen molar-refractivity contribution in [3.63, 3.8) is 0 Å². The Bertz CT molecular complexity index is 567. The van der Waals surface area contributed by atoms with E-state index in [0.29, 0.717) is 5.56 Å². The van der Waals surface area contributed by atoms with E-state index in [-0.39, 0.29) is 16.3 Å². The van der Waals surface area contributed by atoms with Gasteiger partial charge < -0.3 is 5.73 Å². The topological polar surface area (TPSA) is 103 Å². The van der Waals surface area contributed by atoms with E-state index >= 15 is 0 Å². The molecule has 0 spiro atoms. The number of primary sulfonamides is 1. The van der Waals surface area contributed by atoms with E-state index in [2.05, 4.69) is 0 Å². The van der Waals surface area contributed by atoms with Crippen molar-refractivity contribution in [2.24, 2.45) is 10.9 Å². The zero-order chi connectivity index (χ0) is 13.1. The van der Waals surface area contributed by atoms with Crippen molar-refractivity contribution in [2.75, 3.05) is 0 Å². The summed E-state index contributed by atoms with van der Waals surface area (Å²) in [6.07, 6.45) is 3.28. The Labute approximate surface area is 104 Å². The van der Waals surface area contributed by atoms with E-state index < -0.39 is 15.9 Å². The number of benzene rings is 1. The minimum atomic E-state index is -3.81. The third kappa shape index (κ3) is 4.18. The molecule has 17 heavy (non-hydrogen) atoms. The lowest BCUT2D eigenvalue weighted by molar-refractivity contribution is -0.117. The van der Waals surface area contributed by atoms with Crippen molar-refractivity contribution in [3.05, 3.63) is 34.9 Å². The molecule has 0 aromatic heterocycles. The van der Waals surface area contributed by atoms with Crippen LogP contribution < -0.4 is 10.9 Å². The van der Waals surface area contributed by atoms with Gasteiger partial charge >= 0.3 is 0 Å². The van der Waals surface area contributed by atoms with Gasteiger partial charge in [-0.05, 0) is 17.7 Å². The van der Waals surface area contributed by atoms with Crippen LogP contribution in [0.15, 0.2) is 29.2 Å². The third-order valence-electron chi connectivity index (χ3n) is 1.89. The van der Waals surface area contributed by atoms with Gasteiger partial charge in [0.2, 0.25) is 15.9 Å². The number of nitrogens with two attached hydrogens (primary N) is 2. The summed E-state index contributed by atoms with van der Waals surface area (Å²) in [7, 11) is -3.81. The summed E-state index contributed by atoms with van der Waals surface area (Å²) in [6.45, 7) is 0. The number of hydrogen-bond acceptors (Lipinski definition) is 3. The average molecular weight is 275 g/mol. The fourth-order valence-electron chi connectivity index (χ4n) is 1.16. The van der Waals surface area contributed by atoms with Gasteiger partial charge in [-0.25, -0.2) is 13.6 Å². The molecule has 5 nitrogen and oxygen atoms in total. The van der Waals surface area contributed by atoms with E-state index in [1.807, 2.05) is 0 Å². The fourth-order valence-corrected chi connectivity index (χ4v) is 2.26. The van der Waals surface area contributed by atoms with Gasteiger partial charge in [-0.15, -0.1) is 0 Å². The predicted molar refractivity (Wildman–Crippen MR) is 65.7 cm³/mol. The van der Waals surface area contributed by atoms with Crippen molar-refractivity contribution < 1.29 is 13.2 Å². The van der Waals surface area contributed by atoms with Gasteiger partial charge in [0, 0.05) is 6.42 Å². The molecule has 1 rings (SSSR count). The van der Waals surface area contributed by atoms with Crippen molar-refractivity contribution in [2.45, 2.75) is 11.3 Å². The summed E-state index contributed by atoms with van der Waals surface area (Å²) in [5.41, 5.74) is 5.61. The first-order valence-electron chi connectivity index (χ1n) is 4.58. The SMILES string of the molecule is NC(=O)CC=Cc1ccc(S(N)(=O)=O)c(Cl)c1. The molecule has 4 N–H and O–H groups in total. The number of carbonyl (C=O) groups is 1. The second-order valence-corrected chi connectivity index (χ2v) is 5.24. The van der Waals surface area contributed by atoms with Crippen LogP contribution in [0.5, 0.6) is 0 Å². The van der Waals surface area contributed by atoms with Gasteiger partial charge in [-0.3, -0.25) is 4.79 Å². The highest BCUT2D eigenvalue weighted by Crippen LogP contribution is 2.22. The molecule has 0 heterocycles. The maximum absolute atomic E-state index is 11.1. The van der Waals surface area contributed by atoms with Gasteiger partial charge in [-0.2, -0.15) is 0 Å². The monoisotopic (exact) mass is 274 g/mol. The first-order valence-corrected chi connectivity index (χ1v) is 6.50. The van der Waals surface area contributed by atoms with Crippen LogP contribution >= 0.6 is 11.6 Å². The van der Waals surface area contributed by atoms with Crippen molar-refractivity contribution in [1.82, 2.24) is 0 Å². The summed E-state index contributed by atoms with van der Waals surface area (Å²) in [4.78, 5) is 10.4. The number of rotatable bonds is 4. The van der Waals surface area contributed by atoms with E-state index in [0.717, 1.165) is 0 Å². The molecule has 0 fully saturated rings. The molecule has 0 aliphatic heterocycles. The van der Waals surface area contributed by atoms with Gasteiger partial charge in [0.1, 0.15) is 4.90 Å². The number of carbonyl (C=O) groups excluding carboxylic acids is 1. The molecular weight excluding hydrogens is 264 g/mol. The molecular formula is C10H11ClN2O3S. The molecule has 0 aliphatic rings. The number of primary amides is 1. The van der Waals surface area contributed by atoms with Crippen LogP contribution in [0, 0.1) is 0 Å². The summed E-state index contributed by atoms with van der Waals surface area (Å²) >= 11 is 5.77. The number of amides is 1. The Kier molecular flexibility index (Phi) is 4.28. The third-order valence-corrected chi connectivity index (χ3v) is 3.29. The molecule has 0 saturated carbocycles. The lowest BCUT2D eigenvalue weighted by Gasteiger charge is -2.02. The highest BCUT2D eigenvalue weighted by atomic mass is 35.5. The number of sulfonamides is 1. The first kappa shape index (κ1) is 13.7. The molecule has 0 aliphatic carbocycles. The van der Waals surface area contributed by atoms with Crippen molar-refractivity contribution in [1.29, 1.82) is 0 Å². The molecule has 0 saturated heterocycles. The largest absolute Gasteiger partial charge is 0.369 e. The molecule has 92 valence electrons. The van der Waals surface area contributed by atoms with Crippen LogP contribution in [0.25, 0.3) is 6.08 Å². The first-order chi connectivity index (χ1) is 7.80. The van der Waals surface area contributed by atoms with E-state index in [4.69, 9.17) is 22.5 Å². The summed E-state index contributed by atoms with van der Waals surface area (Å²) < 4.78 is 22.2. The Morgan fingerprint density at radius 2 is 2.06 bits per heavy atom. The van der Waals surface area contributed by atoms with Gasteiger partial charge in [-0.1, -0.05) is 29.8 Å². The van der Waals surface area contributed by atoms with Crippen LogP contribution in [0.3, 0.4) is 0 Å². The lowest BCUT2D eigenvalue weighted by Crippen LogP contribution is -2.12. The minimum absolute atomic E-state index is 0.0359. The maximum Gasteiger partial charge on any atom is 0.239 e. The zero-order valence-corrected chi connectivity index (χ0v) is 10.3. The van der Waals surface area contributed by atoms with Crippen LogP contribution in [-0.4, -0.2) is 14.3 Å². The van der Waals surface area contributed by atoms with Crippen LogP contribution in [0.4, 0.5) is 0 Å². The van der Waals surface area contributed by atoms with Crippen LogP contribution in [0.2, 0.25) is 5.02 Å². The predicted octanol–water partition coefficient (Wildman–Crippen LogP) is 0.876. The van der Waals surface area contributed by atoms with Gasteiger partial charge in [0.15, 0.2) is 0 Å². The van der Waals surface area contributed by atoms with E-state index in [1.54, 1.807) is 12.2 Å². The Hall–Kier alpha value is -1.37. The van der Waals surface area contributed by atoms with Gasteiger partial charge in [0.25, 0.3) is 0 Å². The Morgan fingerprint density at radius 1 is 1.41 bits per heavy atom. The van der Waals surface area contributed by atoms with Crippen LogP contribution in [0.1, 0.15) is 12.0 Å². The van der Waals surface area contributed by atoms with E-state index in [1.165, 1.54) is 18.2 Å². The number of halogens is 1. The molecule has 0 radical (unpaired) electrons. The Balaban J connectivity index is 2.98. The smallest absolute Gasteiger partial charge is 0.239 e. The standard InChI is InChI=1S/C10H11ClN2O3S/c11-8-6-7(2-1-3-10(12)14)4-5-9(8)17(13,15)16/h1-2,4-6H,3H2,(H2,12,14)(H2,13,15,16). The average Bonchev–Trinajstić information content (AvgIpc) is 2.14. The Morgan fingerprint density at radius 3 is 2.53 bits per heavy atom. The highest BCUT2D eigenvalue weighted by molar-refractivity contribution is 7.89. The van der Waals surface area contributed by atoms with Crippen LogP contribution in [-0.2, 0) is 14.8 Å². The second-order valence-electron chi connectivity index (χ2n) is 3.31. The molecule has 0 bridgehead atoms. The summed E-state index contributed by atoms with van der Waals surface area (Å²) in [5, 5.41) is 4.99.